The molecule has 0 atom stereocenters. The van der Waals surface area contributed by atoms with Crippen LogP contribution in [0.2, 0.25) is 0 Å². The zero-order chi connectivity index (χ0) is 12.8. The first-order chi connectivity index (χ1) is 8.83. The van der Waals surface area contributed by atoms with Crippen LogP contribution in [0.25, 0.3) is 10.8 Å². The van der Waals surface area contributed by atoms with Crippen LogP contribution in [0.15, 0.2) is 42.5 Å². The van der Waals surface area contributed by atoms with Gasteiger partial charge in [0.1, 0.15) is 0 Å². The van der Waals surface area contributed by atoms with Crippen molar-refractivity contribution in [2.75, 3.05) is 19.8 Å². The monoisotopic (exact) mass is 242 g/mol. The summed E-state index contributed by atoms with van der Waals surface area (Å²) in [6, 6.07) is 15.2. The number of benzene rings is 2. The normalized spacial score (nSPS) is 11.3. The highest BCUT2D eigenvalue weighted by molar-refractivity contribution is 5.82. The van der Waals surface area contributed by atoms with E-state index in [0.29, 0.717) is 0 Å². The molecule has 0 saturated carbocycles. The highest BCUT2D eigenvalue weighted by atomic mass is 15.2. The minimum Gasteiger partial charge on any atom is -0.300 e. The van der Waals surface area contributed by atoms with Crippen molar-refractivity contribution in [2.24, 2.45) is 0 Å². The maximum atomic E-state index is 3.49. The van der Waals surface area contributed by atoms with E-state index in [9.17, 15) is 0 Å². The first kappa shape index (κ1) is 13.1. The van der Waals surface area contributed by atoms with Crippen molar-refractivity contribution in [3.63, 3.8) is 0 Å². The van der Waals surface area contributed by atoms with Gasteiger partial charge in [0.05, 0.1) is 0 Å². The molecule has 1 N–H and O–H groups in total. The van der Waals surface area contributed by atoms with Crippen molar-refractivity contribution in [1.82, 2.24) is 10.2 Å². The van der Waals surface area contributed by atoms with Crippen molar-refractivity contribution in [3.8, 4) is 0 Å². The van der Waals surface area contributed by atoms with Gasteiger partial charge < -0.3 is 5.32 Å². The molecule has 2 rings (SSSR count). The third kappa shape index (κ3) is 3.31. The number of hydrogen-bond donors (Lipinski definition) is 1. The summed E-state index contributed by atoms with van der Waals surface area (Å²) < 4.78 is 0. The number of fused-ring (bicyclic) bond motifs is 1. The Labute approximate surface area is 110 Å². The molecule has 0 bridgehead atoms. The molecule has 0 aromatic heterocycles. The molecular weight excluding hydrogens is 220 g/mol. The Balaban J connectivity index is 1.95. The predicted octanol–water partition coefficient (Wildman–Crippen LogP) is 3.23. The van der Waals surface area contributed by atoms with Crippen LogP contribution < -0.4 is 5.32 Å². The Morgan fingerprint density at radius 2 is 1.67 bits per heavy atom. The molecule has 96 valence electrons. The molecule has 0 fully saturated rings. The molecule has 0 unspecified atom stereocenters. The zero-order valence-corrected chi connectivity index (χ0v) is 11.3. The molecule has 2 nitrogen and oxygen atoms in total. The second-order valence-electron chi connectivity index (χ2n) is 4.57. The number of nitrogens with one attached hydrogen (secondary N) is 1. The fourth-order valence-electron chi connectivity index (χ4n) is 2.15. The van der Waals surface area contributed by atoms with E-state index in [1.165, 1.54) is 16.3 Å². The lowest BCUT2D eigenvalue weighted by molar-refractivity contribution is 0.278. The van der Waals surface area contributed by atoms with Gasteiger partial charge in [0.25, 0.3) is 0 Å². The summed E-state index contributed by atoms with van der Waals surface area (Å²) >= 11 is 0. The largest absolute Gasteiger partial charge is 0.300 e. The molecule has 2 aromatic rings. The third-order valence-electron chi connectivity index (χ3n) is 3.37. The molecule has 0 aliphatic heterocycles. The molecule has 0 saturated heterocycles. The van der Waals surface area contributed by atoms with E-state index in [1.807, 2.05) is 0 Å². The van der Waals surface area contributed by atoms with Crippen LogP contribution in [0.1, 0.15) is 19.4 Å². The van der Waals surface area contributed by atoms with Gasteiger partial charge in [0, 0.05) is 13.2 Å². The molecule has 2 heteroatoms. The minimum absolute atomic E-state index is 0.932. The van der Waals surface area contributed by atoms with Gasteiger partial charge in [-0.25, -0.2) is 0 Å². The van der Waals surface area contributed by atoms with Gasteiger partial charge in [-0.05, 0) is 35.5 Å². The molecule has 0 aliphatic carbocycles. The first-order valence-corrected chi connectivity index (χ1v) is 6.74. The molecule has 0 radical (unpaired) electrons. The van der Waals surface area contributed by atoms with Gasteiger partial charge in [-0.15, -0.1) is 0 Å². The Kier molecular flexibility index (Phi) is 4.73. The second-order valence-corrected chi connectivity index (χ2v) is 4.57. The van der Waals surface area contributed by atoms with E-state index in [0.717, 1.165) is 26.3 Å². The molecule has 0 heterocycles. The number of hydrogen-bond acceptors (Lipinski definition) is 2. The fraction of sp³-hybridized carbons (Fsp3) is 0.375. The van der Waals surface area contributed by atoms with Crippen molar-refractivity contribution in [1.29, 1.82) is 0 Å². The van der Waals surface area contributed by atoms with Gasteiger partial charge in [-0.1, -0.05) is 50.2 Å². The van der Waals surface area contributed by atoms with Crippen LogP contribution in [-0.2, 0) is 6.54 Å². The second kappa shape index (κ2) is 6.53. The highest BCUT2D eigenvalue weighted by Crippen LogP contribution is 2.15. The molecule has 18 heavy (non-hydrogen) atoms. The highest BCUT2D eigenvalue weighted by Gasteiger charge is 1.99. The Hall–Kier alpha value is -1.38. The fourth-order valence-corrected chi connectivity index (χ4v) is 2.15. The van der Waals surface area contributed by atoms with Crippen LogP contribution >= 0.6 is 0 Å². The van der Waals surface area contributed by atoms with Gasteiger partial charge in [0.2, 0.25) is 0 Å². The Morgan fingerprint density at radius 1 is 0.944 bits per heavy atom. The standard InChI is InChI=1S/C16H22N2/c1-3-18(4-2)13-17-12-14-9-10-15-7-5-6-8-16(15)11-14/h5-11,17H,3-4,12-13H2,1-2H3. The van der Waals surface area contributed by atoms with Gasteiger partial charge >= 0.3 is 0 Å². The van der Waals surface area contributed by atoms with E-state index >= 15 is 0 Å². The average Bonchev–Trinajstić information content (AvgIpc) is 2.43. The predicted molar refractivity (Wildman–Crippen MR) is 78.6 cm³/mol. The maximum absolute atomic E-state index is 3.49. The third-order valence-corrected chi connectivity index (χ3v) is 3.37. The SMILES string of the molecule is CCN(CC)CNCc1ccc2ccccc2c1. The van der Waals surface area contributed by atoms with E-state index in [2.05, 4.69) is 66.5 Å². The van der Waals surface area contributed by atoms with Crippen LogP contribution in [-0.4, -0.2) is 24.7 Å². The van der Waals surface area contributed by atoms with Crippen molar-refractivity contribution >= 4 is 10.8 Å². The lowest BCUT2D eigenvalue weighted by Crippen LogP contribution is -2.33. The van der Waals surface area contributed by atoms with Gasteiger partial charge in [0.15, 0.2) is 0 Å². The summed E-state index contributed by atoms with van der Waals surface area (Å²) in [5.41, 5.74) is 1.35. The molecule has 0 aliphatic rings. The van der Waals surface area contributed by atoms with E-state index in [-0.39, 0.29) is 0 Å². The zero-order valence-electron chi connectivity index (χ0n) is 11.3. The molecule has 0 spiro atoms. The summed E-state index contributed by atoms with van der Waals surface area (Å²) in [6.45, 7) is 8.48. The molecule has 0 amide bonds. The summed E-state index contributed by atoms with van der Waals surface area (Å²) in [4.78, 5) is 2.38. The smallest absolute Gasteiger partial charge is 0.0482 e. The number of nitrogens with zero attached hydrogens (tertiary/aromatic N) is 1. The molecule has 2 aromatic carbocycles. The van der Waals surface area contributed by atoms with Crippen LogP contribution in [0.4, 0.5) is 0 Å². The minimum atomic E-state index is 0.932. The van der Waals surface area contributed by atoms with E-state index in [1.54, 1.807) is 0 Å². The topological polar surface area (TPSA) is 15.3 Å². The van der Waals surface area contributed by atoms with Crippen LogP contribution in [0.3, 0.4) is 0 Å². The Bertz CT molecular complexity index is 489. The van der Waals surface area contributed by atoms with Crippen molar-refractivity contribution < 1.29 is 0 Å². The number of rotatable bonds is 6. The quantitative estimate of drug-likeness (QED) is 0.782. The van der Waals surface area contributed by atoms with Crippen molar-refractivity contribution in [2.45, 2.75) is 20.4 Å². The summed E-state index contributed by atoms with van der Waals surface area (Å²) in [7, 11) is 0. The summed E-state index contributed by atoms with van der Waals surface area (Å²) in [5.74, 6) is 0. The van der Waals surface area contributed by atoms with Crippen LogP contribution in [0.5, 0.6) is 0 Å². The average molecular weight is 242 g/mol. The summed E-state index contributed by atoms with van der Waals surface area (Å²) in [5, 5.41) is 6.12. The van der Waals surface area contributed by atoms with E-state index in [4.69, 9.17) is 0 Å². The molecular formula is C16H22N2. The lowest BCUT2D eigenvalue weighted by atomic mass is 10.1. The Morgan fingerprint density at radius 3 is 2.39 bits per heavy atom. The lowest BCUT2D eigenvalue weighted by Gasteiger charge is -2.18. The van der Waals surface area contributed by atoms with Gasteiger partial charge in [-0.3, -0.25) is 4.90 Å². The first-order valence-electron chi connectivity index (χ1n) is 6.74. The van der Waals surface area contributed by atoms with Crippen LogP contribution in [0, 0.1) is 0 Å². The maximum Gasteiger partial charge on any atom is 0.0482 e. The summed E-state index contributed by atoms with van der Waals surface area (Å²) in [6.07, 6.45) is 0. The van der Waals surface area contributed by atoms with Crippen molar-refractivity contribution in [3.05, 3.63) is 48.0 Å². The van der Waals surface area contributed by atoms with E-state index < -0.39 is 0 Å². The van der Waals surface area contributed by atoms with Gasteiger partial charge in [-0.2, -0.15) is 0 Å².